The lowest BCUT2D eigenvalue weighted by Crippen LogP contribution is -2.16. The Kier molecular flexibility index (Phi) is 6.50. The van der Waals surface area contributed by atoms with Crippen molar-refractivity contribution in [1.82, 2.24) is 24.8 Å². The molecule has 0 saturated carbocycles. The molecule has 0 bridgehead atoms. The number of carbonyl (C=O) groups excluding carboxylic acids is 1. The third kappa shape index (κ3) is 5.29. The van der Waals surface area contributed by atoms with Crippen LogP contribution in [0.1, 0.15) is 16.2 Å². The Bertz CT molecular complexity index is 1740. The quantitative estimate of drug-likeness (QED) is 0.290. The van der Waals surface area contributed by atoms with Crippen molar-refractivity contribution in [3.8, 4) is 10.6 Å². The van der Waals surface area contributed by atoms with E-state index in [1.807, 2.05) is 0 Å². The van der Waals surface area contributed by atoms with Crippen LogP contribution in [0.2, 0.25) is 5.15 Å². The van der Waals surface area contributed by atoms with Crippen molar-refractivity contribution in [3.63, 3.8) is 0 Å². The average molecular weight is 580 g/mol. The minimum atomic E-state index is -4.75. The lowest BCUT2D eigenvalue weighted by molar-refractivity contribution is -0.142. The number of fused-ring (bicyclic) bond motifs is 1. The summed E-state index contributed by atoms with van der Waals surface area (Å²) in [5, 5.41) is 15.3. The van der Waals surface area contributed by atoms with Crippen LogP contribution in [-0.4, -0.2) is 39.1 Å². The Morgan fingerprint density at radius 3 is 2.42 bits per heavy atom. The SMILES string of the molecule is O=C(Nc1ccc(S(=O)(=O)Nc2ccc(Cl)nn2)cc1)c1cc2nc(-c3cccs3)cc(C(F)(F)F)n2n1. The Balaban J connectivity index is 1.38. The van der Waals surface area contributed by atoms with Crippen LogP contribution >= 0.6 is 22.9 Å². The summed E-state index contributed by atoms with van der Waals surface area (Å²) in [4.78, 5) is 17.4. The van der Waals surface area contributed by atoms with Crippen LogP contribution in [0.25, 0.3) is 16.2 Å². The Morgan fingerprint density at radius 2 is 1.79 bits per heavy atom. The van der Waals surface area contributed by atoms with Gasteiger partial charge in [-0.05, 0) is 53.9 Å². The molecular formula is C22H13ClF3N7O3S2. The molecule has 1 amide bonds. The molecule has 4 aromatic heterocycles. The van der Waals surface area contributed by atoms with Gasteiger partial charge in [-0.1, -0.05) is 17.7 Å². The van der Waals surface area contributed by atoms with Crippen molar-refractivity contribution >= 4 is 56.0 Å². The number of hydrogen-bond donors (Lipinski definition) is 2. The fourth-order valence-corrected chi connectivity index (χ4v) is 5.10. The first kappa shape index (κ1) is 25.6. The third-order valence-electron chi connectivity index (χ3n) is 5.02. The molecule has 0 saturated heterocycles. The van der Waals surface area contributed by atoms with Gasteiger partial charge in [0, 0.05) is 11.8 Å². The van der Waals surface area contributed by atoms with E-state index in [0.717, 1.165) is 12.1 Å². The van der Waals surface area contributed by atoms with E-state index in [9.17, 15) is 26.4 Å². The summed E-state index contributed by atoms with van der Waals surface area (Å²) in [5.41, 5.74) is -1.28. The van der Waals surface area contributed by atoms with Crippen molar-refractivity contribution in [1.29, 1.82) is 0 Å². The van der Waals surface area contributed by atoms with Crippen molar-refractivity contribution in [2.75, 3.05) is 10.0 Å². The molecule has 0 aliphatic heterocycles. The van der Waals surface area contributed by atoms with E-state index < -0.39 is 27.8 Å². The number of alkyl halides is 3. The molecule has 0 radical (unpaired) electrons. The fourth-order valence-electron chi connectivity index (χ4n) is 3.32. The lowest BCUT2D eigenvalue weighted by Gasteiger charge is -2.10. The Labute approximate surface area is 221 Å². The van der Waals surface area contributed by atoms with Gasteiger partial charge in [-0.2, -0.15) is 18.3 Å². The molecule has 0 aliphatic rings. The maximum Gasteiger partial charge on any atom is 0.433 e. The van der Waals surface area contributed by atoms with E-state index in [4.69, 9.17) is 11.6 Å². The molecule has 5 aromatic rings. The number of amides is 1. The molecule has 16 heteroatoms. The molecule has 0 aliphatic carbocycles. The second kappa shape index (κ2) is 9.66. The fraction of sp³-hybridized carbons (Fsp3) is 0.0455. The number of thiophene rings is 1. The highest BCUT2D eigenvalue weighted by molar-refractivity contribution is 7.92. The van der Waals surface area contributed by atoms with E-state index in [1.54, 1.807) is 17.5 Å². The minimum Gasteiger partial charge on any atom is -0.321 e. The normalized spacial score (nSPS) is 12.0. The molecule has 1 aromatic carbocycles. The van der Waals surface area contributed by atoms with Gasteiger partial charge in [0.15, 0.2) is 28.0 Å². The zero-order valence-electron chi connectivity index (χ0n) is 18.6. The summed E-state index contributed by atoms with van der Waals surface area (Å²) in [6.45, 7) is 0. The molecule has 0 unspecified atom stereocenters. The summed E-state index contributed by atoms with van der Waals surface area (Å²) in [6, 6.07) is 13.1. The topological polar surface area (TPSA) is 131 Å². The first-order chi connectivity index (χ1) is 18.0. The largest absolute Gasteiger partial charge is 0.433 e. The van der Waals surface area contributed by atoms with Gasteiger partial charge in [0.25, 0.3) is 15.9 Å². The summed E-state index contributed by atoms with van der Waals surface area (Å²) < 4.78 is 69.1. The number of carbonyl (C=O) groups is 1. The summed E-state index contributed by atoms with van der Waals surface area (Å²) in [6.07, 6.45) is -4.75. The monoisotopic (exact) mass is 579 g/mol. The summed E-state index contributed by atoms with van der Waals surface area (Å²) in [7, 11) is -4.02. The number of benzene rings is 1. The molecule has 4 heterocycles. The number of nitrogens with zero attached hydrogens (tertiary/aromatic N) is 5. The summed E-state index contributed by atoms with van der Waals surface area (Å²) >= 11 is 6.86. The second-order valence-corrected chi connectivity index (χ2v) is 10.6. The van der Waals surface area contributed by atoms with Crippen LogP contribution in [0.15, 0.2) is 70.9 Å². The van der Waals surface area contributed by atoms with Gasteiger partial charge in [-0.3, -0.25) is 9.52 Å². The van der Waals surface area contributed by atoms with Crippen LogP contribution in [0.5, 0.6) is 0 Å². The van der Waals surface area contributed by atoms with E-state index in [-0.39, 0.29) is 38.6 Å². The highest BCUT2D eigenvalue weighted by Gasteiger charge is 2.35. The van der Waals surface area contributed by atoms with Crippen LogP contribution in [0.3, 0.4) is 0 Å². The predicted molar refractivity (Wildman–Crippen MR) is 134 cm³/mol. The van der Waals surface area contributed by atoms with Crippen LogP contribution in [0, 0.1) is 0 Å². The number of hydrogen-bond acceptors (Lipinski definition) is 8. The minimum absolute atomic E-state index is 0.0484. The molecule has 38 heavy (non-hydrogen) atoms. The van der Waals surface area contributed by atoms with Crippen molar-refractivity contribution < 1.29 is 26.4 Å². The highest BCUT2D eigenvalue weighted by atomic mass is 35.5. The highest BCUT2D eigenvalue weighted by Crippen LogP contribution is 2.33. The van der Waals surface area contributed by atoms with Gasteiger partial charge in [-0.15, -0.1) is 21.5 Å². The number of rotatable bonds is 6. The number of nitrogens with one attached hydrogen (secondary N) is 2. The van der Waals surface area contributed by atoms with E-state index in [1.165, 1.54) is 47.7 Å². The zero-order chi connectivity index (χ0) is 27.1. The van der Waals surface area contributed by atoms with Gasteiger partial charge < -0.3 is 5.32 Å². The standard InChI is InChI=1S/C22H13ClF3N7O3S2/c23-18-7-8-19(30-29-18)32-38(35,36)13-5-3-12(4-6-13)27-21(34)15-11-20-28-14(16-2-1-9-37-16)10-17(22(24,25)26)33(20)31-15/h1-11H,(H,27,34)(H,30,32). The predicted octanol–water partition coefficient (Wildman–Crippen LogP) is 4.97. The van der Waals surface area contributed by atoms with Gasteiger partial charge >= 0.3 is 6.18 Å². The summed E-state index contributed by atoms with van der Waals surface area (Å²) in [5.74, 6) is -0.862. The molecule has 2 N–H and O–H groups in total. The first-order valence-corrected chi connectivity index (χ1v) is 13.2. The number of aromatic nitrogens is 5. The van der Waals surface area contributed by atoms with Crippen LogP contribution in [-0.2, 0) is 16.2 Å². The van der Waals surface area contributed by atoms with Gasteiger partial charge in [0.1, 0.15) is 0 Å². The lowest BCUT2D eigenvalue weighted by atomic mass is 10.2. The van der Waals surface area contributed by atoms with Gasteiger partial charge in [0.05, 0.1) is 15.5 Å². The molecule has 0 atom stereocenters. The number of halogens is 4. The second-order valence-electron chi connectivity index (χ2n) is 7.63. The average Bonchev–Trinajstić information content (AvgIpc) is 3.55. The van der Waals surface area contributed by atoms with Gasteiger partial charge in [0.2, 0.25) is 0 Å². The van der Waals surface area contributed by atoms with E-state index in [2.05, 4.69) is 30.3 Å². The molecule has 0 spiro atoms. The van der Waals surface area contributed by atoms with Crippen molar-refractivity contribution in [2.45, 2.75) is 11.1 Å². The van der Waals surface area contributed by atoms with E-state index >= 15 is 0 Å². The van der Waals surface area contributed by atoms with E-state index in [0.29, 0.717) is 9.39 Å². The van der Waals surface area contributed by atoms with Crippen molar-refractivity contribution in [2.24, 2.45) is 0 Å². The third-order valence-corrected chi connectivity index (χ3v) is 7.48. The Hall–Kier alpha value is -4.08. The first-order valence-electron chi connectivity index (χ1n) is 10.4. The number of anilines is 2. The zero-order valence-corrected chi connectivity index (χ0v) is 21.0. The number of sulfonamides is 1. The van der Waals surface area contributed by atoms with Crippen LogP contribution < -0.4 is 10.0 Å². The maximum atomic E-state index is 13.7. The Morgan fingerprint density at radius 1 is 1.03 bits per heavy atom. The molecule has 10 nitrogen and oxygen atoms in total. The molecular weight excluding hydrogens is 567 g/mol. The molecule has 5 rings (SSSR count). The smallest absolute Gasteiger partial charge is 0.321 e. The van der Waals surface area contributed by atoms with Crippen molar-refractivity contribution in [3.05, 3.63) is 82.6 Å². The van der Waals surface area contributed by atoms with Gasteiger partial charge in [-0.25, -0.2) is 17.9 Å². The maximum absolute atomic E-state index is 13.7. The van der Waals surface area contributed by atoms with Crippen LogP contribution in [0.4, 0.5) is 24.7 Å². The molecule has 194 valence electrons. The molecule has 0 fully saturated rings.